The van der Waals surface area contributed by atoms with Gasteiger partial charge in [0.25, 0.3) is 5.91 Å². The molecule has 5 nitrogen and oxygen atoms in total. The normalized spacial score (nSPS) is 20.7. The van der Waals surface area contributed by atoms with Gasteiger partial charge in [0.05, 0.1) is 17.1 Å². The average Bonchev–Trinajstić information content (AvgIpc) is 3.19. The maximum absolute atomic E-state index is 13.1. The van der Waals surface area contributed by atoms with Crippen LogP contribution in [0.4, 0.5) is 0 Å². The van der Waals surface area contributed by atoms with Gasteiger partial charge in [0.2, 0.25) is 0 Å². The number of piperazine rings is 1. The van der Waals surface area contributed by atoms with Crippen LogP contribution < -0.4 is 5.32 Å². The average molecular weight is 369 g/mol. The van der Waals surface area contributed by atoms with Crippen LogP contribution in [-0.2, 0) is 6.54 Å². The largest absolute Gasteiger partial charge is 0.332 e. The van der Waals surface area contributed by atoms with Crippen molar-refractivity contribution in [2.45, 2.75) is 39.4 Å². The highest BCUT2D eigenvalue weighted by Crippen LogP contribution is 2.30. The van der Waals surface area contributed by atoms with Gasteiger partial charge >= 0.3 is 0 Å². The summed E-state index contributed by atoms with van der Waals surface area (Å²) < 4.78 is 2.02. The van der Waals surface area contributed by atoms with E-state index in [1.165, 1.54) is 5.56 Å². The number of nitrogens with zero attached hydrogens (tertiary/aromatic N) is 3. The van der Waals surface area contributed by atoms with Crippen molar-refractivity contribution in [3.63, 3.8) is 0 Å². The second kappa shape index (κ2) is 6.85. The molecule has 3 aromatic rings. The van der Waals surface area contributed by atoms with Gasteiger partial charge in [-0.15, -0.1) is 11.3 Å². The Hall–Kier alpha value is -2.18. The van der Waals surface area contributed by atoms with Gasteiger partial charge < -0.3 is 10.2 Å². The number of aryl methyl sites for hydroxylation is 1. The quantitative estimate of drug-likeness (QED) is 0.772. The number of rotatable bonds is 3. The number of carbonyl (C=O) groups is 1. The van der Waals surface area contributed by atoms with Crippen molar-refractivity contribution < 1.29 is 4.79 Å². The van der Waals surface area contributed by atoms with Crippen molar-refractivity contribution in [1.82, 2.24) is 20.0 Å². The molecule has 1 aromatic carbocycles. The first kappa shape index (κ1) is 17.2. The maximum Gasteiger partial charge on any atom is 0.264 e. The molecule has 4 rings (SSSR count). The van der Waals surface area contributed by atoms with Crippen LogP contribution in [0.5, 0.6) is 0 Å². The van der Waals surface area contributed by atoms with E-state index in [2.05, 4.69) is 36.4 Å². The highest BCUT2D eigenvalue weighted by molar-refractivity contribution is 7.20. The van der Waals surface area contributed by atoms with Crippen molar-refractivity contribution in [3.05, 3.63) is 52.5 Å². The van der Waals surface area contributed by atoms with Crippen LogP contribution in [0.15, 0.2) is 36.4 Å². The lowest BCUT2D eigenvalue weighted by Gasteiger charge is -2.38. The lowest BCUT2D eigenvalue weighted by atomic mass is 10.1. The summed E-state index contributed by atoms with van der Waals surface area (Å²) in [6.07, 6.45) is 0. The standard InChI is InChI=1S/C20H24N4OS/c1-13-15(3)23(10-9-21-13)19(25)18-11-17-14(2)22-24(20(17)26-18)12-16-7-5-4-6-8-16/h4-8,11,13,15,21H,9-10,12H2,1-3H3. The molecule has 2 atom stereocenters. The highest BCUT2D eigenvalue weighted by Gasteiger charge is 2.30. The molecule has 26 heavy (non-hydrogen) atoms. The van der Waals surface area contributed by atoms with Gasteiger partial charge in [-0.2, -0.15) is 5.10 Å². The van der Waals surface area contributed by atoms with Gasteiger partial charge in [0.15, 0.2) is 0 Å². The molecule has 1 aliphatic heterocycles. The molecular formula is C20H24N4OS. The second-order valence-corrected chi connectivity index (χ2v) is 8.07. The summed E-state index contributed by atoms with van der Waals surface area (Å²) >= 11 is 1.56. The van der Waals surface area contributed by atoms with Crippen molar-refractivity contribution in [3.8, 4) is 0 Å². The van der Waals surface area contributed by atoms with Gasteiger partial charge in [0, 0.05) is 30.6 Å². The van der Waals surface area contributed by atoms with E-state index in [-0.39, 0.29) is 11.9 Å². The molecule has 1 fully saturated rings. The third-order valence-corrected chi connectivity index (χ3v) is 6.42. The Labute approximate surface area is 157 Å². The molecule has 3 heterocycles. The molecule has 0 bridgehead atoms. The summed E-state index contributed by atoms with van der Waals surface area (Å²) in [5.41, 5.74) is 2.19. The zero-order valence-electron chi connectivity index (χ0n) is 15.4. The van der Waals surface area contributed by atoms with Crippen molar-refractivity contribution in [2.24, 2.45) is 0 Å². The van der Waals surface area contributed by atoms with Crippen LogP contribution in [0.1, 0.15) is 34.8 Å². The molecule has 0 spiro atoms. The van der Waals surface area contributed by atoms with Crippen LogP contribution in [0.25, 0.3) is 10.2 Å². The van der Waals surface area contributed by atoms with E-state index in [0.29, 0.717) is 6.04 Å². The summed E-state index contributed by atoms with van der Waals surface area (Å²) in [6.45, 7) is 8.60. The number of benzene rings is 1. The second-order valence-electron chi connectivity index (χ2n) is 7.04. The molecule has 1 saturated heterocycles. The van der Waals surface area contributed by atoms with Gasteiger partial charge in [0.1, 0.15) is 4.83 Å². The predicted octanol–water partition coefficient (Wildman–Crippen LogP) is 3.28. The minimum absolute atomic E-state index is 0.137. The van der Waals surface area contributed by atoms with Gasteiger partial charge in [-0.3, -0.25) is 9.48 Å². The van der Waals surface area contributed by atoms with Gasteiger partial charge in [-0.25, -0.2) is 0 Å². The third kappa shape index (κ3) is 3.04. The van der Waals surface area contributed by atoms with Crippen LogP contribution in [0, 0.1) is 6.92 Å². The maximum atomic E-state index is 13.1. The fourth-order valence-corrected chi connectivity index (χ4v) is 4.68. The van der Waals surface area contributed by atoms with Crippen molar-refractivity contribution in [1.29, 1.82) is 0 Å². The number of fused-ring (bicyclic) bond motifs is 1. The van der Waals surface area contributed by atoms with E-state index in [9.17, 15) is 4.79 Å². The molecule has 136 valence electrons. The first-order valence-corrected chi connectivity index (χ1v) is 9.91. The van der Waals surface area contributed by atoms with Crippen molar-refractivity contribution in [2.75, 3.05) is 13.1 Å². The number of carbonyl (C=O) groups excluding carboxylic acids is 1. The summed E-state index contributed by atoms with van der Waals surface area (Å²) in [7, 11) is 0. The number of hydrogen-bond acceptors (Lipinski definition) is 4. The monoisotopic (exact) mass is 368 g/mol. The molecule has 2 aromatic heterocycles. The summed E-state index contributed by atoms with van der Waals surface area (Å²) in [4.78, 5) is 17.0. The topological polar surface area (TPSA) is 50.2 Å². The van der Waals surface area contributed by atoms with Gasteiger partial charge in [-0.05, 0) is 32.4 Å². The summed E-state index contributed by atoms with van der Waals surface area (Å²) in [5, 5.41) is 9.20. The predicted molar refractivity (Wildman–Crippen MR) is 106 cm³/mol. The van der Waals surface area contributed by atoms with E-state index in [1.54, 1.807) is 11.3 Å². The molecule has 0 saturated carbocycles. The molecule has 1 aliphatic rings. The van der Waals surface area contributed by atoms with Crippen LogP contribution >= 0.6 is 11.3 Å². The molecule has 2 unspecified atom stereocenters. The Bertz CT molecular complexity index is 930. The molecular weight excluding hydrogens is 344 g/mol. The van der Waals surface area contributed by atoms with Crippen LogP contribution in [0.2, 0.25) is 0 Å². The number of hydrogen-bond donors (Lipinski definition) is 1. The summed E-state index contributed by atoms with van der Waals surface area (Å²) in [6, 6.07) is 12.8. The van der Waals surface area contributed by atoms with Crippen LogP contribution in [0.3, 0.4) is 0 Å². The molecule has 1 N–H and O–H groups in total. The first-order valence-electron chi connectivity index (χ1n) is 9.10. The van der Waals surface area contributed by atoms with Gasteiger partial charge in [-0.1, -0.05) is 30.3 Å². The van der Waals surface area contributed by atoms with E-state index in [1.807, 2.05) is 40.8 Å². The molecule has 1 amide bonds. The number of amides is 1. The molecule has 0 aliphatic carbocycles. The Kier molecular flexibility index (Phi) is 4.54. The third-order valence-electron chi connectivity index (χ3n) is 5.29. The van der Waals surface area contributed by atoms with E-state index < -0.39 is 0 Å². The van der Waals surface area contributed by atoms with E-state index >= 15 is 0 Å². The Morgan fingerprint density at radius 1 is 1.31 bits per heavy atom. The Balaban J connectivity index is 1.65. The number of nitrogens with one attached hydrogen (secondary N) is 1. The summed E-state index contributed by atoms with van der Waals surface area (Å²) in [5.74, 6) is 0.137. The van der Waals surface area contributed by atoms with E-state index in [4.69, 9.17) is 0 Å². The fraction of sp³-hybridized carbons (Fsp3) is 0.400. The zero-order chi connectivity index (χ0) is 18.3. The van der Waals surface area contributed by atoms with E-state index in [0.717, 1.165) is 40.4 Å². The fourth-order valence-electron chi connectivity index (χ4n) is 3.57. The number of thiophene rings is 1. The Morgan fingerprint density at radius 2 is 2.08 bits per heavy atom. The minimum atomic E-state index is 0.137. The Morgan fingerprint density at radius 3 is 2.85 bits per heavy atom. The first-order chi connectivity index (χ1) is 12.5. The highest BCUT2D eigenvalue weighted by atomic mass is 32.1. The lowest BCUT2D eigenvalue weighted by molar-refractivity contribution is 0.0608. The van der Waals surface area contributed by atoms with Crippen molar-refractivity contribution >= 4 is 27.5 Å². The zero-order valence-corrected chi connectivity index (χ0v) is 16.2. The van der Waals surface area contributed by atoms with Crippen LogP contribution in [-0.4, -0.2) is 45.8 Å². The minimum Gasteiger partial charge on any atom is -0.332 e. The molecule has 0 radical (unpaired) electrons. The SMILES string of the molecule is Cc1nn(Cc2ccccc2)c2sc(C(=O)N3CCNC(C)C3C)cc12. The smallest absolute Gasteiger partial charge is 0.264 e. The number of aromatic nitrogens is 2. The molecule has 6 heteroatoms. The lowest BCUT2D eigenvalue weighted by Crippen LogP contribution is -2.57.